The van der Waals surface area contributed by atoms with E-state index in [1.165, 1.54) is 43.1 Å². The Bertz CT molecular complexity index is 859. The highest BCUT2D eigenvalue weighted by Crippen LogP contribution is 2.35. The molecule has 2 aromatic rings. The number of carbonyl (C=O) groups excluding carboxylic acids is 1. The van der Waals surface area contributed by atoms with Crippen LogP contribution in [0.5, 0.6) is 11.5 Å². The maximum absolute atomic E-state index is 12.8. The lowest BCUT2D eigenvalue weighted by molar-refractivity contribution is -0.127. The van der Waals surface area contributed by atoms with Gasteiger partial charge in [0.1, 0.15) is 0 Å². The summed E-state index contributed by atoms with van der Waals surface area (Å²) >= 11 is 1.54. The lowest BCUT2D eigenvalue weighted by Crippen LogP contribution is -2.28. The number of para-hydroxylation sites is 1. The van der Waals surface area contributed by atoms with Crippen LogP contribution in [0.15, 0.2) is 23.4 Å². The third-order valence-electron chi connectivity index (χ3n) is 5.69. The van der Waals surface area contributed by atoms with E-state index in [2.05, 4.69) is 11.5 Å². The Hall–Kier alpha value is -2.15. The minimum absolute atomic E-state index is 0.0659. The number of aryl methyl sites for hydroxylation is 1. The zero-order chi connectivity index (χ0) is 21.0. The summed E-state index contributed by atoms with van der Waals surface area (Å²) in [5, 5.41) is 0.965. The quantitative estimate of drug-likeness (QED) is 0.597. The Balaban J connectivity index is 1.67. The molecule has 29 heavy (non-hydrogen) atoms. The van der Waals surface area contributed by atoms with Crippen LogP contribution in [0.2, 0.25) is 0 Å². The number of amides is 1. The number of aromatic nitrogens is 2. The number of imidazole rings is 1. The molecule has 0 aliphatic heterocycles. The first-order valence-electron chi connectivity index (χ1n) is 10.1. The van der Waals surface area contributed by atoms with Crippen molar-refractivity contribution in [1.82, 2.24) is 14.5 Å². The second-order valence-corrected chi connectivity index (χ2v) is 8.51. The Morgan fingerprint density at radius 3 is 2.62 bits per heavy atom. The van der Waals surface area contributed by atoms with Gasteiger partial charge in [-0.25, -0.2) is 4.98 Å². The van der Waals surface area contributed by atoms with Crippen molar-refractivity contribution in [2.24, 2.45) is 0 Å². The maximum atomic E-state index is 12.8. The van der Waals surface area contributed by atoms with E-state index in [0.717, 1.165) is 16.4 Å². The van der Waals surface area contributed by atoms with E-state index < -0.39 is 0 Å². The first-order valence-corrected chi connectivity index (χ1v) is 11.1. The van der Waals surface area contributed by atoms with Crippen LogP contribution in [-0.4, -0.2) is 47.4 Å². The van der Waals surface area contributed by atoms with Gasteiger partial charge >= 0.3 is 0 Å². The molecule has 1 aliphatic rings. The van der Waals surface area contributed by atoms with Crippen LogP contribution in [0.3, 0.4) is 0 Å². The average molecular weight is 418 g/mol. The van der Waals surface area contributed by atoms with Crippen molar-refractivity contribution in [3.8, 4) is 11.5 Å². The molecule has 1 aromatic carbocycles. The van der Waals surface area contributed by atoms with Gasteiger partial charge in [0.05, 0.1) is 25.7 Å². The third kappa shape index (κ3) is 4.71. The van der Waals surface area contributed by atoms with Crippen LogP contribution < -0.4 is 9.47 Å². The third-order valence-corrected chi connectivity index (χ3v) is 6.62. The summed E-state index contributed by atoms with van der Waals surface area (Å²) in [6, 6.07) is 6.24. The normalized spacial score (nSPS) is 14.2. The lowest BCUT2D eigenvalue weighted by Gasteiger charge is -2.20. The summed E-state index contributed by atoms with van der Waals surface area (Å²) in [6.45, 7) is 4.65. The van der Waals surface area contributed by atoms with Gasteiger partial charge in [0.25, 0.3) is 0 Å². The smallest absolute Gasteiger partial charge is 0.233 e. The number of carbonyl (C=O) groups is 1. The fourth-order valence-corrected chi connectivity index (χ4v) is 5.05. The highest BCUT2D eigenvalue weighted by molar-refractivity contribution is 7.99. The molecule has 0 unspecified atom stereocenters. The zero-order valence-corrected chi connectivity index (χ0v) is 18.8. The van der Waals surface area contributed by atoms with Crippen LogP contribution in [0.1, 0.15) is 48.7 Å². The zero-order valence-electron chi connectivity index (χ0n) is 18.0. The molecule has 1 heterocycles. The summed E-state index contributed by atoms with van der Waals surface area (Å²) in [5.74, 6) is 1.78. The Morgan fingerprint density at radius 1 is 1.24 bits per heavy atom. The number of rotatable bonds is 8. The second-order valence-electron chi connectivity index (χ2n) is 7.56. The van der Waals surface area contributed by atoms with E-state index in [1.807, 2.05) is 32.2 Å². The van der Waals surface area contributed by atoms with Crippen LogP contribution in [0.4, 0.5) is 0 Å². The second kappa shape index (κ2) is 9.57. The van der Waals surface area contributed by atoms with Crippen molar-refractivity contribution < 1.29 is 14.3 Å². The highest BCUT2D eigenvalue weighted by atomic mass is 32.2. The predicted molar refractivity (Wildman–Crippen MR) is 116 cm³/mol. The first kappa shape index (κ1) is 21.6. The summed E-state index contributed by atoms with van der Waals surface area (Å²) in [4.78, 5) is 19.3. The molecule has 6 nitrogen and oxygen atoms in total. The first-order chi connectivity index (χ1) is 14.0. The van der Waals surface area contributed by atoms with Gasteiger partial charge in [0.15, 0.2) is 16.7 Å². The predicted octanol–water partition coefficient (Wildman–Crippen LogP) is 4.38. The molecule has 7 heteroatoms. The molecule has 1 saturated carbocycles. The SMILES string of the molecule is COc1cccc(CN(C)C(=O)CSc2nc(C)c(C)n2C2CCCC2)c1OC. The number of benzene rings is 1. The van der Waals surface area contributed by atoms with Gasteiger partial charge in [-0.2, -0.15) is 0 Å². The molecule has 1 aromatic heterocycles. The molecule has 0 N–H and O–H groups in total. The van der Waals surface area contributed by atoms with E-state index in [4.69, 9.17) is 14.5 Å². The van der Waals surface area contributed by atoms with E-state index >= 15 is 0 Å². The van der Waals surface area contributed by atoms with Crippen LogP contribution in [0, 0.1) is 13.8 Å². The van der Waals surface area contributed by atoms with E-state index in [1.54, 1.807) is 19.1 Å². The number of nitrogens with zero attached hydrogens (tertiary/aromatic N) is 3. The number of ether oxygens (including phenoxy) is 2. The number of methoxy groups -OCH3 is 2. The lowest BCUT2D eigenvalue weighted by atomic mass is 10.1. The molecule has 0 radical (unpaired) electrons. The Labute approximate surface area is 177 Å². The molecule has 158 valence electrons. The fraction of sp³-hybridized carbons (Fsp3) is 0.545. The maximum Gasteiger partial charge on any atom is 0.233 e. The molecule has 3 rings (SSSR count). The number of hydrogen-bond donors (Lipinski definition) is 0. The average Bonchev–Trinajstić information content (AvgIpc) is 3.34. The van der Waals surface area contributed by atoms with Gasteiger partial charge in [-0.15, -0.1) is 0 Å². The van der Waals surface area contributed by atoms with Gasteiger partial charge in [0, 0.05) is 30.9 Å². The van der Waals surface area contributed by atoms with Crippen molar-refractivity contribution in [3.05, 3.63) is 35.2 Å². The van der Waals surface area contributed by atoms with Gasteiger partial charge in [-0.3, -0.25) is 4.79 Å². The van der Waals surface area contributed by atoms with Crippen molar-refractivity contribution in [1.29, 1.82) is 0 Å². The molecule has 0 spiro atoms. The van der Waals surface area contributed by atoms with E-state index in [9.17, 15) is 4.79 Å². The van der Waals surface area contributed by atoms with E-state index in [0.29, 0.717) is 29.8 Å². The molecular formula is C22H31N3O3S. The minimum atomic E-state index is 0.0659. The van der Waals surface area contributed by atoms with Gasteiger partial charge < -0.3 is 18.9 Å². The Kier molecular flexibility index (Phi) is 7.11. The molecular weight excluding hydrogens is 386 g/mol. The highest BCUT2D eigenvalue weighted by Gasteiger charge is 2.24. The summed E-state index contributed by atoms with van der Waals surface area (Å²) in [7, 11) is 5.05. The van der Waals surface area contributed by atoms with Gasteiger partial charge in [-0.05, 0) is 32.8 Å². The molecule has 1 amide bonds. The Morgan fingerprint density at radius 2 is 1.97 bits per heavy atom. The standard InChI is InChI=1S/C22H31N3O3S/c1-15-16(2)25(18-10-6-7-11-18)22(23-15)29-14-20(26)24(3)13-17-9-8-12-19(27-4)21(17)28-5/h8-9,12,18H,6-7,10-11,13-14H2,1-5H3. The van der Waals surface area contributed by atoms with E-state index in [-0.39, 0.29) is 5.91 Å². The van der Waals surface area contributed by atoms with Crippen molar-refractivity contribution in [2.45, 2.75) is 57.3 Å². The number of thioether (sulfide) groups is 1. The largest absolute Gasteiger partial charge is 0.493 e. The van der Waals surface area contributed by atoms with Gasteiger partial charge in [0.2, 0.25) is 5.91 Å². The van der Waals surface area contributed by atoms with Crippen LogP contribution >= 0.6 is 11.8 Å². The summed E-state index contributed by atoms with van der Waals surface area (Å²) in [5.41, 5.74) is 3.20. The fourth-order valence-electron chi connectivity index (χ4n) is 3.95. The molecule has 1 aliphatic carbocycles. The molecule has 1 fully saturated rings. The minimum Gasteiger partial charge on any atom is -0.493 e. The molecule has 0 saturated heterocycles. The topological polar surface area (TPSA) is 56.6 Å². The number of hydrogen-bond acceptors (Lipinski definition) is 5. The molecule has 0 bridgehead atoms. The summed E-state index contributed by atoms with van der Waals surface area (Å²) < 4.78 is 13.2. The monoisotopic (exact) mass is 417 g/mol. The van der Waals surface area contributed by atoms with Crippen LogP contribution in [0.25, 0.3) is 0 Å². The van der Waals surface area contributed by atoms with Crippen molar-refractivity contribution in [2.75, 3.05) is 27.0 Å². The van der Waals surface area contributed by atoms with Crippen molar-refractivity contribution >= 4 is 17.7 Å². The van der Waals surface area contributed by atoms with Crippen LogP contribution in [-0.2, 0) is 11.3 Å². The molecule has 0 atom stereocenters. The van der Waals surface area contributed by atoms with Gasteiger partial charge in [-0.1, -0.05) is 36.7 Å². The van der Waals surface area contributed by atoms with Crippen molar-refractivity contribution in [3.63, 3.8) is 0 Å². The summed E-state index contributed by atoms with van der Waals surface area (Å²) in [6.07, 6.45) is 4.95.